The van der Waals surface area contributed by atoms with Crippen molar-refractivity contribution >= 4 is 0 Å². The third kappa shape index (κ3) is 2.25. The van der Waals surface area contributed by atoms with Crippen LogP contribution < -0.4 is 0 Å². The van der Waals surface area contributed by atoms with Gasteiger partial charge in [-0.05, 0) is 53.9 Å². The van der Waals surface area contributed by atoms with E-state index in [9.17, 15) is 4.39 Å². The van der Waals surface area contributed by atoms with Crippen LogP contribution in [-0.2, 0) is 11.8 Å². The summed E-state index contributed by atoms with van der Waals surface area (Å²) in [6.45, 7) is 6.87. The second kappa shape index (κ2) is 4.80. The fourth-order valence-corrected chi connectivity index (χ4v) is 3.20. The van der Waals surface area contributed by atoms with Crippen molar-refractivity contribution in [3.63, 3.8) is 0 Å². The normalized spacial score (nSPS) is 26.1. The smallest absolute Gasteiger partial charge is 0.123 e. The van der Waals surface area contributed by atoms with Crippen molar-refractivity contribution < 1.29 is 4.39 Å². The first-order chi connectivity index (χ1) is 8.08. The molecule has 0 aromatic heterocycles. The second-order valence-corrected chi connectivity index (χ2v) is 5.74. The second-order valence-electron chi connectivity index (χ2n) is 5.74. The number of rotatable bonds is 2. The Hall–Kier alpha value is -0.850. The van der Waals surface area contributed by atoms with Gasteiger partial charge < -0.3 is 0 Å². The quantitative estimate of drug-likeness (QED) is 0.641. The lowest BCUT2D eigenvalue weighted by Crippen LogP contribution is -2.30. The van der Waals surface area contributed by atoms with Gasteiger partial charge in [0.1, 0.15) is 5.82 Å². The van der Waals surface area contributed by atoms with Crippen molar-refractivity contribution in [2.24, 2.45) is 5.92 Å². The maximum Gasteiger partial charge on any atom is 0.123 e. The van der Waals surface area contributed by atoms with E-state index < -0.39 is 0 Å². The Bertz CT molecular complexity index is 397. The van der Waals surface area contributed by atoms with E-state index >= 15 is 0 Å². The number of halogens is 1. The largest absolute Gasteiger partial charge is 0.207 e. The molecule has 0 bridgehead atoms. The Morgan fingerprint density at radius 3 is 2.82 bits per heavy atom. The SMILES string of the molecule is CCC(C)C1(C)CCCCc2ccc(F)cc21. The van der Waals surface area contributed by atoms with Gasteiger partial charge in [-0.2, -0.15) is 0 Å². The maximum atomic E-state index is 13.5. The van der Waals surface area contributed by atoms with Crippen LogP contribution in [0.4, 0.5) is 4.39 Å². The van der Waals surface area contributed by atoms with Crippen LogP contribution in [0.5, 0.6) is 0 Å². The van der Waals surface area contributed by atoms with Crippen LogP contribution in [0.15, 0.2) is 18.2 Å². The zero-order valence-corrected chi connectivity index (χ0v) is 11.2. The molecule has 0 fully saturated rings. The molecule has 2 unspecified atom stereocenters. The van der Waals surface area contributed by atoms with E-state index in [1.165, 1.54) is 30.4 Å². The highest BCUT2D eigenvalue weighted by molar-refractivity contribution is 5.36. The number of hydrogen-bond acceptors (Lipinski definition) is 0. The minimum absolute atomic E-state index is 0.0832. The molecule has 0 nitrogen and oxygen atoms in total. The maximum absolute atomic E-state index is 13.5. The van der Waals surface area contributed by atoms with Crippen molar-refractivity contribution in [1.29, 1.82) is 0 Å². The summed E-state index contributed by atoms with van der Waals surface area (Å²) >= 11 is 0. The molecule has 1 aromatic rings. The number of fused-ring (bicyclic) bond motifs is 1. The highest BCUT2D eigenvalue weighted by Gasteiger charge is 2.35. The summed E-state index contributed by atoms with van der Waals surface area (Å²) in [5.41, 5.74) is 2.79. The van der Waals surface area contributed by atoms with E-state index in [4.69, 9.17) is 0 Å². The number of aryl methyl sites for hydroxylation is 1. The highest BCUT2D eigenvalue weighted by Crippen LogP contribution is 2.42. The molecule has 2 atom stereocenters. The van der Waals surface area contributed by atoms with Gasteiger partial charge in [-0.15, -0.1) is 0 Å². The zero-order chi connectivity index (χ0) is 12.5. The molecule has 0 N–H and O–H groups in total. The lowest BCUT2D eigenvalue weighted by molar-refractivity contribution is 0.281. The van der Waals surface area contributed by atoms with Crippen molar-refractivity contribution in [2.45, 2.75) is 58.3 Å². The monoisotopic (exact) mass is 234 g/mol. The van der Waals surface area contributed by atoms with Crippen molar-refractivity contribution in [3.05, 3.63) is 35.1 Å². The van der Waals surface area contributed by atoms with E-state index in [1.807, 2.05) is 6.07 Å². The summed E-state index contributed by atoms with van der Waals surface area (Å²) in [5.74, 6) is 0.529. The summed E-state index contributed by atoms with van der Waals surface area (Å²) in [5, 5.41) is 0. The van der Waals surface area contributed by atoms with Crippen molar-refractivity contribution in [3.8, 4) is 0 Å². The van der Waals surface area contributed by atoms with Crippen LogP contribution in [0.25, 0.3) is 0 Å². The Balaban J connectivity index is 2.51. The van der Waals surface area contributed by atoms with E-state index in [0.717, 1.165) is 12.8 Å². The Kier molecular flexibility index (Phi) is 3.56. The van der Waals surface area contributed by atoms with Gasteiger partial charge in [-0.1, -0.05) is 39.7 Å². The first kappa shape index (κ1) is 12.6. The summed E-state index contributed by atoms with van der Waals surface area (Å²) in [6.07, 6.45) is 5.97. The predicted octanol–water partition coefficient (Wildman–Crippen LogP) is 4.86. The van der Waals surface area contributed by atoms with Gasteiger partial charge in [0.05, 0.1) is 0 Å². The van der Waals surface area contributed by atoms with Gasteiger partial charge >= 0.3 is 0 Å². The van der Waals surface area contributed by atoms with Crippen LogP contribution in [0.2, 0.25) is 0 Å². The summed E-state index contributed by atoms with van der Waals surface area (Å²) in [7, 11) is 0. The first-order valence-electron chi connectivity index (χ1n) is 6.87. The Labute approximate surface area is 104 Å². The third-order valence-corrected chi connectivity index (χ3v) is 4.78. The molecule has 1 heteroatoms. The van der Waals surface area contributed by atoms with E-state index in [2.05, 4.69) is 20.8 Å². The van der Waals surface area contributed by atoms with Crippen LogP contribution in [0.3, 0.4) is 0 Å². The van der Waals surface area contributed by atoms with Gasteiger partial charge in [-0.3, -0.25) is 0 Å². The lowest BCUT2D eigenvalue weighted by atomic mass is 9.68. The Morgan fingerprint density at radius 1 is 1.35 bits per heavy atom. The van der Waals surface area contributed by atoms with Crippen LogP contribution in [0.1, 0.15) is 57.6 Å². The average Bonchev–Trinajstić information content (AvgIpc) is 2.49. The van der Waals surface area contributed by atoms with Crippen LogP contribution >= 0.6 is 0 Å². The molecule has 0 spiro atoms. The number of benzene rings is 1. The molecule has 0 saturated carbocycles. The fourth-order valence-electron chi connectivity index (χ4n) is 3.20. The number of hydrogen-bond donors (Lipinski definition) is 0. The Morgan fingerprint density at radius 2 is 2.12 bits per heavy atom. The third-order valence-electron chi connectivity index (χ3n) is 4.78. The summed E-state index contributed by atoms with van der Waals surface area (Å²) < 4.78 is 13.5. The highest BCUT2D eigenvalue weighted by atomic mass is 19.1. The summed E-state index contributed by atoms with van der Waals surface area (Å²) in [4.78, 5) is 0. The van der Waals surface area contributed by atoms with Crippen molar-refractivity contribution in [2.75, 3.05) is 0 Å². The van der Waals surface area contributed by atoms with Crippen LogP contribution in [0, 0.1) is 11.7 Å². The zero-order valence-electron chi connectivity index (χ0n) is 11.2. The van der Waals surface area contributed by atoms with E-state index in [0.29, 0.717) is 5.92 Å². The fraction of sp³-hybridized carbons (Fsp3) is 0.625. The van der Waals surface area contributed by atoms with Gasteiger partial charge in [0.15, 0.2) is 0 Å². The minimum atomic E-state index is -0.0832. The molecule has 2 rings (SSSR count). The average molecular weight is 234 g/mol. The van der Waals surface area contributed by atoms with E-state index in [1.54, 1.807) is 12.1 Å². The van der Waals surface area contributed by atoms with Gasteiger partial charge in [0, 0.05) is 0 Å². The first-order valence-corrected chi connectivity index (χ1v) is 6.87. The lowest BCUT2D eigenvalue weighted by Gasteiger charge is -2.36. The molecule has 0 aliphatic heterocycles. The molecular weight excluding hydrogens is 211 g/mol. The van der Waals surface area contributed by atoms with Crippen LogP contribution in [-0.4, -0.2) is 0 Å². The van der Waals surface area contributed by atoms with E-state index in [-0.39, 0.29) is 11.2 Å². The van der Waals surface area contributed by atoms with Crippen molar-refractivity contribution in [1.82, 2.24) is 0 Å². The topological polar surface area (TPSA) is 0 Å². The summed E-state index contributed by atoms with van der Waals surface area (Å²) in [6, 6.07) is 5.39. The molecule has 0 heterocycles. The molecule has 0 amide bonds. The molecular formula is C16H23F. The molecule has 94 valence electrons. The predicted molar refractivity (Wildman–Crippen MR) is 70.8 cm³/mol. The molecule has 1 aliphatic carbocycles. The van der Waals surface area contributed by atoms with Gasteiger partial charge in [-0.25, -0.2) is 4.39 Å². The molecule has 1 aromatic carbocycles. The van der Waals surface area contributed by atoms with Gasteiger partial charge in [0.25, 0.3) is 0 Å². The minimum Gasteiger partial charge on any atom is -0.207 e. The standard InChI is InChI=1S/C16H23F/c1-4-12(2)16(3)10-6-5-7-13-8-9-14(17)11-15(13)16/h8-9,11-12H,4-7,10H2,1-3H3. The molecule has 0 radical (unpaired) electrons. The molecule has 0 saturated heterocycles. The molecule has 17 heavy (non-hydrogen) atoms. The molecule has 1 aliphatic rings. The van der Waals surface area contributed by atoms with Gasteiger partial charge in [0.2, 0.25) is 0 Å².